The number of rotatable bonds is 3. The molecule has 1 aromatic carbocycles. The van der Waals surface area contributed by atoms with Crippen molar-refractivity contribution in [3.05, 3.63) is 51.7 Å². The van der Waals surface area contributed by atoms with E-state index in [-0.39, 0.29) is 11.6 Å². The van der Waals surface area contributed by atoms with Gasteiger partial charge in [0, 0.05) is 17.9 Å². The molecule has 0 bridgehead atoms. The zero-order valence-electron chi connectivity index (χ0n) is 10.6. The number of amides is 1. The molecule has 1 aromatic rings. The molecule has 0 saturated heterocycles. The SMILES string of the molecule is O=C1NC(SCc2ccc([N+](=O)[O-])cc2)=NC2N=NC=C12. The van der Waals surface area contributed by atoms with Crippen molar-refractivity contribution >= 4 is 28.5 Å². The number of carbonyl (C=O) groups is 1. The number of nitro benzene ring substituents is 1. The molecule has 106 valence electrons. The number of aliphatic imine (C=N–C) groups is 1. The van der Waals surface area contributed by atoms with E-state index in [9.17, 15) is 14.9 Å². The smallest absolute Gasteiger partial charge is 0.269 e. The van der Waals surface area contributed by atoms with Gasteiger partial charge in [0.25, 0.3) is 11.6 Å². The van der Waals surface area contributed by atoms with Crippen LogP contribution in [-0.2, 0) is 10.5 Å². The average molecular weight is 303 g/mol. The third kappa shape index (κ3) is 2.82. The second kappa shape index (κ2) is 5.44. The lowest BCUT2D eigenvalue weighted by Crippen LogP contribution is -2.37. The Hall–Kier alpha value is -2.55. The van der Waals surface area contributed by atoms with Crippen LogP contribution in [-0.4, -0.2) is 22.2 Å². The summed E-state index contributed by atoms with van der Waals surface area (Å²) < 4.78 is 0. The number of benzene rings is 1. The summed E-state index contributed by atoms with van der Waals surface area (Å²) in [5.41, 5.74) is 1.39. The molecule has 1 unspecified atom stereocenters. The predicted molar refractivity (Wildman–Crippen MR) is 76.7 cm³/mol. The summed E-state index contributed by atoms with van der Waals surface area (Å²) in [6, 6.07) is 6.25. The Labute approximate surface area is 123 Å². The van der Waals surface area contributed by atoms with Gasteiger partial charge in [-0.25, -0.2) is 4.99 Å². The Bertz CT molecular complexity index is 695. The van der Waals surface area contributed by atoms with Crippen LogP contribution in [0.4, 0.5) is 5.69 Å². The average Bonchev–Trinajstić information content (AvgIpc) is 2.94. The van der Waals surface area contributed by atoms with Crippen molar-refractivity contribution in [2.45, 2.75) is 11.9 Å². The molecule has 0 fully saturated rings. The lowest BCUT2D eigenvalue weighted by atomic mass is 10.2. The van der Waals surface area contributed by atoms with Crippen LogP contribution in [0.15, 0.2) is 51.3 Å². The number of nitrogens with one attached hydrogen (secondary N) is 1. The van der Waals surface area contributed by atoms with Gasteiger partial charge in [-0.1, -0.05) is 23.9 Å². The first kappa shape index (κ1) is 13.4. The minimum atomic E-state index is -0.543. The van der Waals surface area contributed by atoms with E-state index in [4.69, 9.17) is 0 Å². The van der Waals surface area contributed by atoms with Crippen LogP contribution in [0.2, 0.25) is 0 Å². The van der Waals surface area contributed by atoms with Gasteiger partial charge in [0.2, 0.25) is 0 Å². The van der Waals surface area contributed by atoms with E-state index in [1.54, 1.807) is 12.1 Å². The Morgan fingerprint density at radius 3 is 2.81 bits per heavy atom. The Balaban J connectivity index is 1.65. The minimum Gasteiger partial charge on any atom is -0.301 e. The minimum absolute atomic E-state index is 0.0493. The van der Waals surface area contributed by atoms with E-state index in [0.717, 1.165) is 5.56 Å². The van der Waals surface area contributed by atoms with Gasteiger partial charge in [0.15, 0.2) is 11.3 Å². The van der Waals surface area contributed by atoms with Crippen molar-refractivity contribution in [1.82, 2.24) is 5.32 Å². The van der Waals surface area contributed by atoms with Crippen LogP contribution in [0.1, 0.15) is 5.56 Å². The van der Waals surface area contributed by atoms with Crippen molar-refractivity contribution in [2.75, 3.05) is 0 Å². The van der Waals surface area contributed by atoms with Crippen LogP contribution in [0.3, 0.4) is 0 Å². The number of azo groups is 1. The highest BCUT2D eigenvalue weighted by atomic mass is 32.2. The Morgan fingerprint density at radius 1 is 1.33 bits per heavy atom. The molecule has 3 rings (SSSR count). The summed E-state index contributed by atoms with van der Waals surface area (Å²) in [4.78, 5) is 26.1. The summed E-state index contributed by atoms with van der Waals surface area (Å²) in [6.07, 6.45) is 0.861. The Kier molecular flexibility index (Phi) is 3.48. The third-order valence-electron chi connectivity index (χ3n) is 2.90. The van der Waals surface area contributed by atoms with E-state index in [1.165, 1.54) is 30.1 Å². The second-order valence-electron chi connectivity index (χ2n) is 4.29. The molecule has 21 heavy (non-hydrogen) atoms. The summed E-state index contributed by atoms with van der Waals surface area (Å²) in [7, 11) is 0. The molecule has 0 aromatic heterocycles. The van der Waals surface area contributed by atoms with Crippen molar-refractivity contribution in [2.24, 2.45) is 15.2 Å². The molecule has 2 aliphatic rings. The van der Waals surface area contributed by atoms with Gasteiger partial charge >= 0.3 is 0 Å². The largest absolute Gasteiger partial charge is 0.301 e. The number of non-ortho nitro benzene ring substituents is 1. The van der Waals surface area contributed by atoms with E-state index >= 15 is 0 Å². The molecule has 1 N–H and O–H groups in total. The first-order valence-electron chi connectivity index (χ1n) is 5.99. The molecule has 0 aliphatic carbocycles. The van der Waals surface area contributed by atoms with Crippen molar-refractivity contribution in [1.29, 1.82) is 0 Å². The van der Waals surface area contributed by atoms with E-state index in [1.807, 2.05) is 0 Å². The molecule has 2 aliphatic heterocycles. The number of carbonyl (C=O) groups excluding carboxylic acids is 1. The quantitative estimate of drug-likeness (QED) is 0.680. The zero-order chi connectivity index (χ0) is 14.8. The molecular formula is C12H9N5O3S. The molecule has 0 spiro atoms. The maximum atomic E-state index is 11.7. The topological polar surface area (TPSA) is 109 Å². The lowest BCUT2D eigenvalue weighted by Gasteiger charge is -2.16. The number of thioether (sulfide) groups is 1. The number of nitrogens with zero attached hydrogens (tertiary/aromatic N) is 4. The van der Waals surface area contributed by atoms with Gasteiger partial charge in [-0.15, -0.1) is 0 Å². The maximum absolute atomic E-state index is 11.7. The summed E-state index contributed by atoms with van der Waals surface area (Å²) in [5.74, 6) is 0.297. The van der Waals surface area contributed by atoms with Gasteiger partial charge in [-0.2, -0.15) is 10.2 Å². The highest BCUT2D eigenvalue weighted by Gasteiger charge is 2.29. The fourth-order valence-corrected chi connectivity index (χ4v) is 2.65. The Morgan fingerprint density at radius 2 is 2.10 bits per heavy atom. The molecule has 0 saturated carbocycles. The summed E-state index contributed by atoms with van der Waals surface area (Å²) in [5, 5.41) is 21.2. The normalized spacial score (nSPS) is 19.6. The molecule has 1 amide bonds. The van der Waals surface area contributed by atoms with Crippen LogP contribution < -0.4 is 5.32 Å². The number of hydrogen-bond donors (Lipinski definition) is 1. The number of amidine groups is 1. The van der Waals surface area contributed by atoms with E-state index in [0.29, 0.717) is 16.5 Å². The molecular weight excluding hydrogens is 294 g/mol. The fraction of sp³-hybridized carbons (Fsp3) is 0.167. The first-order valence-corrected chi connectivity index (χ1v) is 6.97. The predicted octanol–water partition coefficient (Wildman–Crippen LogP) is 1.99. The van der Waals surface area contributed by atoms with Gasteiger partial charge in [0.05, 0.1) is 16.7 Å². The highest BCUT2D eigenvalue weighted by molar-refractivity contribution is 8.13. The van der Waals surface area contributed by atoms with Crippen molar-refractivity contribution in [3.63, 3.8) is 0 Å². The molecule has 0 radical (unpaired) electrons. The summed E-state index contributed by atoms with van der Waals surface area (Å²) in [6.45, 7) is 0. The maximum Gasteiger partial charge on any atom is 0.269 e. The van der Waals surface area contributed by atoms with E-state index < -0.39 is 11.1 Å². The van der Waals surface area contributed by atoms with Gasteiger partial charge in [-0.3, -0.25) is 14.9 Å². The fourth-order valence-electron chi connectivity index (χ4n) is 1.81. The third-order valence-corrected chi connectivity index (χ3v) is 3.85. The summed E-state index contributed by atoms with van der Waals surface area (Å²) >= 11 is 1.34. The molecule has 9 heteroatoms. The number of hydrogen-bond acceptors (Lipinski definition) is 7. The van der Waals surface area contributed by atoms with Crippen molar-refractivity contribution < 1.29 is 9.72 Å². The van der Waals surface area contributed by atoms with E-state index in [2.05, 4.69) is 20.5 Å². The molecule has 2 heterocycles. The number of fused-ring (bicyclic) bond motifs is 1. The van der Waals surface area contributed by atoms with Gasteiger partial charge < -0.3 is 5.32 Å². The van der Waals surface area contributed by atoms with Crippen LogP contribution in [0.25, 0.3) is 0 Å². The first-order chi connectivity index (χ1) is 10.1. The molecule has 1 atom stereocenters. The van der Waals surface area contributed by atoms with Gasteiger partial charge in [-0.05, 0) is 5.56 Å². The van der Waals surface area contributed by atoms with Crippen LogP contribution in [0.5, 0.6) is 0 Å². The van der Waals surface area contributed by atoms with Crippen molar-refractivity contribution in [3.8, 4) is 0 Å². The second-order valence-corrected chi connectivity index (χ2v) is 5.25. The number of nitro groups is 1. The zero-order valence-corrected chi connectivity index (χ0v) is 11.4. The van der Waals surface area contributed by atoms with Crippen LogP contribution in [0, 0.1) is 10.1 Å². The van der Waals surface area contributed by atoms with Gasteiger partial charge in [0.1, 0.15) is 0 Å². The lowest BCUT2D eigenvalue weighted by molar-refractivity contribution is -0.384. The highest BCUT2D eigenvalue weighted by Crippen LogP contribution is 2.24. The van der Waals surface area contributed by atoms with Crippen LogP contribution >= 0.6 is 11.8 Å². The molecule has 8 nitrogen and oxygen atoms in total. The monoisotopic (exact) mass is 303 g/mol. The standard InChI is InChI=1S/C12H9N5O3S/c18-11-9-5-13-16-10(9)14-12(15-11)21-6-7-1-3-8(4-2-7)17(19)20/h1-5,10H,6H2,(H,14,15,18).